The molecule has 1 aliphatic heterocycles. The van der Waals surface area contributed by atoms with Crippen LogP contribution in [0.4, 0.5) is 10.5 Å². The Hall–Kier alpha value is -1.59. The number of nitrogens with one attached hydrogen (secondary N) is 2. The Balaban J connectivity index is 2.00. The van der Waals surface area contributed by atoms with Gasteiger partial charge in [-0.3, -0.25) is 0 Å². The highest BCUT2D eigenvalue weighted by molar-refractivity contribution is 5.89. The molecule has 1 atom stereocenters. The minimum Gasteiger partial charge on any atom is -0.378 e. The summed E-state index contributed by atoms with van der Waals surface area (Å²) in [5.74, 6) is 0. The predicted octanol–water partition coefficient (Wildman–Crippen LogP) is 1.83. The predicted molar refractivity (Wildman–Crippen MR) is 75.3 cm³/mol. The number of amides is 2. The Kier molecular flexibility index (Phi) is 4.76. The molecule has 2 amide bonds. The molecular weight excluding hydrogens is 242 g/mol. The van der Waals surface area contributed by atoms with Crippen LogP contribution >= 0.6 is 0 Å². The van der Waals surface area contributed by atoms with E-state index in [0.717, 1.165) is 11.3 Å². The van der Waals surface area contributed by atoms with Gasteiger partial charge in [-0.05, 0) is 31.7 Å². The molecule has 2 rings (SSSR count). The second-order valence-corrected chi connectivity index (χ2v) is 4.67. The highest BCUT2D eigenvalue weighted by atomic mass is 16.5. The molecule has 1 aromatic rings. The first-order chi connectivity index (χ1) is 9.20. The highest BCUT2D eigenvalue weighted by Gasteiger charge is 2.16. The van der Waals surface area contributed by atoms with E-state index in [1.165, 1.54) is 0 Å². The molecule has 0 saturated carbocycles. The van der Waals surface area contributed by atoms with Crippen LogP contribution < -0.4 is 10.6 Å². The van der Waals surface area contributed by atoms with Crippen molar-refractivity contribution in [3.05, 3.63) is 29.8 Å². The summed E-state index contributed by atoms with van der Waals surface area (Å²) in [6, 6.07) is 8.12. The van der Waals surface area contributed by atoms with Crippen LogP contribution in [0.15, 0.2) is 24.3 Å². The van der Waals surface area contributed by atoms with Gasteiger partial charge in [0.05, 0.1) is 13.2 Å². The Morgan fingerprint density at radius 3 is 2.79 bits per heavy atom. The fourth-order valence-electron chi connectivity index (χ4n) is 2.02. The lowest BCUT2D eigenvalue weighted by Gasteiger charge is -2.27. The van der Waals surface area contributed by atoms with Gasteiger partial charge in [-0.1, -0.05) is 12.1 Å². The summed E-state index contributed by atoms with van der Waals surface area (Å²) < 4.78 is 5.24. The summed E-state index contributed by atoms with van der Waals surface area (Å²) in [4.78, 5) is 13.8. The number of hydrogen-bond donors (Lipinski definition) is 2. The van der Waals surface area contributed by atoms with Crippen LogP contribution in [-0.2, 0) is 4.74 Å². The molecule has 1 aliphatic rings. The maximum atomic E-state index is 12.1. The second kappa shape index (κ2) is 6.54. The fourth-order valence-corrected chi connectivity index (χ4v) is 2.02. The van der Waals surface area contributed by atoms with E-state index in [4.69, 9.17) is 4.74 Å². The SMILES string of the molecule is CNC(C)c1cccc(NC(=O)N2CCOCC2)c1. The van der Waals surface area contributed by atoms with E-state index < -0.39 is 0 Å². The molecule has 1 fully saturated rings. The van der Waals surface area contributed by atoms with Gasteiger partial charge >= 0.3 is 6.03 Å². The third-order valence-electron chi connectivity index (χ3n) is 3.37. The molecule has 1 heterocycles. The van der Waals surface area contributed by atoms with Crippen molar-refractivity contribution in [2.24, 2.45) is 0 Å². The van der Waals surface area contributed by atoms with E-state index in [1.807, 2.05) is 31.3 Å². The zero-order valence-corrected chi connectivity index (χ0v) is 11.5. The maximum absolute atomic E-state index is 12.1. The molecule has 0 spiro atoms. The van der Waals surface area contributed by atoms with Crippen LogP contribution in [0.5, 0.6) is 0 Å². The van der Waals surface area contributed by atoms with E-state index in [9.17, 15) is 4.79 Å². The zero-order valence-electron chi connectivity index (χ0n) is 11.5. The summed E-state index contributed by atoms with van der Waals surface area (Å²) in [5, 5.41) is 6.12. The minimum absolute atomic E-state index is 0.0578. The molecule has 1 saturated heterocycles. The Labute approximate surface area is 113 Å². The van der Waals surface area contributed by atoms with E-state index in [-0.39, 0.29) is 12.1 Å². The third kappa shape index (κ3) is 3.68. The molecule has 0 radical (unpaired) electrons. The van der Waals surface area contributed by atoms with Crippen LogP contribution in [0.1, 0.15) is 18.5 Å². The molecule has 5 heteroatoms. The van der Waals surface area contributed by atoms with Gasteiger partial charge < -0.3 is 20.3 Å². The lowest BCUT2D eigenvalue weighted by Crippen LogP contribution is -2.43. The first-order valence-electron chi connectivity index (χ1n) is 6.61. The molecule has 0 aliphatic carbocycles. The molecular formula is C14H21N3O2. The van der Waals surface area contributed by atoms with E-state index in [2.05, 4.69) is 17.6 Å². The molecule has 19 heavy (non-hydrogen) atoms. The minimum atomic E-state index is -0.0578. The average Bonchev–Trinajstić information content (AvgIpc) is 2.47. The third-order valence-corrected chi connectivity index (χ3v) is 3.37. The van der Waals surface area contributed by atoms with Gasteiger partial charge in [0.1, 0.15) is 0 Å². The number of hydrogen-bond acceptors (Lipinski definition) is 3. The zero-order chi connectivity index (χ0) is 13.7. The molecule has 1 unspecified atom stereocenters. The van der Waals surface area contributed by atoms with Crippen LogP contribution in [0.25, 0.3) is 0 Å². The molecule has 104 valence electrons. The van der Waals surface area contributed by atoms with Gasteiger partial charge in [-0.25, -0.2) is 4.79 Å². The number of rotatable bonds is 3. The van der Waals surface area contributed by atoms with Crippen LogP contribution in [-0.4, -0.2) is 44.3 Å². The Morgan fingerprint density at radius 1 is 1.37 bits per heavy atom. The standard InChI is InChI=1S/C14H21N3O2/c1-11(15-2)12-4-3-5-13(10-12)16-14(18)17-6-8-19-9-7-17/h3-5,10-11,15H,6-9H2,1-2H3,(H,16,18). The quantitative estimate of drug-likeness (QED) is 0.875. The van der Waals surface area contributed by atoms with Crippen molar-refractivity contribution in [2.75, 3.05) is 38.7 Å². The number of urea groups is 1. The molecule has 2 N–H and O–H groups in total. The summed E-state index contributed by atoms with van der Waals surface area (Å²) in [6.07, 6.45) is 0. The number of carbonyl (C=O) groups excluding carboxylic acids is 1. The lowest BCUT2D eigenvalue weighted by molar-refractivity contribution is 0.0564. The van der Waals surface area contributed by atoms with Gasteiger partial charge in [-0.15, -0.1) is 0 Å². The van der Waals surface area contributed by atoms with E-state index in [0.29, 0.717) is 26.3 Å². The Bertz CT molecular complexity index is 430. The molecule has 0 aromatic heterocycles. The van der Waals surface area contributed by atoms with Gasteiger partial charge in [0.15, 0.2) is 0 Å². The van der Waals surface area contributed by atoms with Crippen molar-refractivity contribution in [1.29, 1.82) is 0 Å². The Morgan fingerprint density at radius 2 is 2.11 bits per heavy atom. The number of nitrogens with zero attached hydrogens (tertiary/aromatic N) is 1. The van der Waals surface area contributed by atoms with Gasteiger partial charge in [0.25, 0.3) is 0 Å². The largest absolute Gasteiger partial charge is 0.378 e. The maximum Gasteiger partial charge on any atom is 0.321 e. The number of anilines is 1. The van der Waals surface area contributed by atoms with Crippen LogP contribution in [0, 0.1) is 0 Å². The van der Waals surface area contributed by atoms with Gasteiger partial charge in [0, 0.05) is 24.8 Å². The van der Waals surface area contributed by atoms with Crippen molar-refractivity contribution in [3.8, 4) is 0 Å². The van der Waals surface area contributed by atoms with Gasteiger partial charge in [0.2, 0.25) is 0 Å². The normalized spacial score (nSPS) is 17.1. The number of carbonyl (C=O) groups is 1. The van der Waals surface area contributed by atoms with Crippen molar-refractivity contribution in [2.45, 2.75) is 13.0 Å². The van der Waals surface area contributed by atoms with Crippen LogP contribution in [0.3, 0.4) is 0 Å². The molecule has 0 bridgehead atoms. The second-order valence-electron chi connectivity index (χ2n) is 4.67. The first-order valence-corrected chi connectivity index (χ1v) is 6.61. The number of morpholine rings is 1. The van der Waals surface area contributed by atoms with Crippen molar-refractivity contribution in [1.82, 2.24) is 10.2 Å². The highest BCUT2D eigenvalue weighted by Crippen LogP contribution is 2.17. The molecule has 5 nitrogen and oxygen atoms in total. The van der Waals surface area contributed by atoms with Crippen molar-refractivity contribution in [3.63, 3.8) is 0 Å². The van der Waals surface area contributed by atoms with E-state index >= 15 is 0 Å². The fraction of sp³-hybridized carbons (Fsp3) is 0.500. The van der Waals surface area contributed by atoms with Crippen molar-refractivity contribution >= 4 is 11.7 Å². The number of benzene rings is 1. The number of ether oxygens (including phenoxy) is 1. The van der Waals surface area contributed by atoms with E-state index in [1.54, 1.807) is 4.90 Å². The topological polar surface area (TPSA) is 53.6 Å². The smallest absolute Gasteiger partial charge is 0.321 e. The van der Waals surface area contributed by atoms with Crippen molar-refractivity contribution < 1.29 is 9.53 Å². The average molecular weight is 263 g/mol. The summed E-state index contributed by atoms with van der Waals surface area (Å²) in [5.41, 5.74) is 1.98. The summed E-state index contributed by atoms with van der Waals surface area (Å²) in [7, 11) is 1.92. The monoisotopic (exact) mass is 263 g/mol. The summed E-state index contributed by atoms with van der Waals surface area (Å²) >= 11 is 0. The lowest BCUT2D eigenvalue weighted by atomic mass is 10.1. The molecule has 1 aromatic carbocycles. The van der Waals surface area contributed by atoms with Gasteiger partial charge in [-0.2, -0.15) is 0 Å². The first kappa shape index (κ1) is 13.8. The summed E-state index contributed by atoms with van der Waals surface area (Å²) in [6.45, 7) is 4.62. The van der Waals surface area contributed by atoms with Crippen LogP contribution in [0.2, 0.25) is 0 Å².